The average Bonchev–Trinajstić information content (AvgIpc) is 3.04. The minimum absolute atomic E-state index is 0.120. The molecule has 6 nitrogen and oxygen atoms in total. The van der Waals surface area contributed by atoms with Gasteiger partial charge in [0.15, 0.2) is 0 Å². The summed E-state index contributed by atoms with van der Waals surface area (Å²) in [6.45, 7) is 5.77. The second-order valence-electron chi connectivity index (χ2n) is 6.68. The summed E-state index contributed by atoms with van der Waals surface area (Å²) >= 11 is 0. The molecule has 142 valence electrons. The molecule has 3 rings (SSSR count). The number of hydrogen-bond acceptors (Lipinski definition) is 4. The molecule has 0 bridgehead atoms. The van der Waals surface area contributed by atoms with E-state index in [-0.39, 0.29) is 11.9 Å². The van der Waals surface area contributed by atoms with Gasteiger partial charge in [0.05, 0.1) is 5.69 Å². The second-order valence-corrected chi connectivity index (χ2v) is 6.68. The zero-order valence-corrected chi connectivity index (χ0v) is 15.9. The van der Waals surface area contributed by atoms with Crippen LogP contribution in [0.5, 0.6) is 5.75 Å². The van der Waals surface area contributed by atoms with Crippen LogP contribution in [0.4, 0.5) is 10.1 Å². The van der Waals surface area contributed by atoms with Gasteiger partial charge in [0.2, 0.25) is 5.90 Å². The normalized spacial score (nSPS) is 14.0. The van der Waals surface area contributed by atoms with Gasteiger partial charge in [-0.2, -0.15) is 5.10 Å². The van der Waals surface area contributed by atoms with Crippen LogP contribution in [0.25, 0.3) is 0 Å². The number of benzene rings is 1. The first kappa shape index (κ1) is 18.8. The summed E-state index contributed by atoms with van der Waals surface area (Å²) in [6, 6.07) is 4.49. The fraction of sp³-hybridized carbons (Fsp3) is 0.350. The Bertz CT molecular complexity index is 928. The number of allylic oxidation sites excluding steroid dienone is 1. The van der Waals surface area contributed by atoms with Crippen molar-refractivity contribution >= 4 is 17.5 Å². The summed E-state index contributed by atoms with van der Waals surface area (Å²) < 4.78 is 21.9. The van der Waals surface area contributed by atoms with Crippen LogP contribution in [0.1, 0.15) is 44.0 Å². The summed E-state index contributed by atoms with van der Waals surface area (Å²) in [5, 5.41) is 7.04. The zero-order valence-electron chi connectivity index (χ0n) is 15.9. The lowest BCUT2D eigenvalue weighted by Gasteiger charge is -2.18. The van der Waals surface area contributed by atoms with Crippen LogP contribution in [-0.2, 0) is 4.79 Å². The SMILES string of the molecule is C/N=C(/Oc1cc(F)cc(NC(=O)C2=CCC2)c1C)c1ccnn1C(C)C. The summed E-state index contributed by atoms with van der Waals surface area (Å²) in [7, 11) is 1.60. The van der Waals surface area contributed by atoms with Crippen molar-refractivity contribution in [1.82, 2.24) is 9.78 Å². The topological polar surface area (TPSA) is 68.5 Å². The van der Waals surface area contributed by atoms with E-state index in [1.54, 1.807) is 30.9 Å². The van der Waals surface area contributed by atoms with Crippen LogP contribution in [0, 0.1) is 12.7 Å². The van der Waals surface area contributed by atoms with Crippen LogP contribution in [-0.4, -0.2) is 28.6 Å². The van der Waals surface area contributed by atoms with Crippen LogP contribution in [0.3, 0.4) is 0 Å². The smallest absolute Gasteiger partial charge is 0.251 e. The maximum absolute atomic E-state index is 14.2. The molecule has 0 saturated heterocycles. The van der Waals surface area contributed by atoms with Gasteiger partial charge in [0.1, 0.15) is 17.3 Å². The van der Waals surface area contributed by atoms with Gasteiger partial charge in [-0.3, -0.25) is 14.5 Å². The lowest BCUT2D eigenvalue weighted by atomic mass is 9.98. The summed E-state index contributed by atoms with van der Waals surface area (Å²) in [4.78, 5) is 16.4. The fourth-order valence-electron chi connectivity index (χ4n) is 2.80. The number of halogens is 1. The van der Waals surface area contributed by atoms with Crippen molar-refractivity contribution in [2.45, 2.75) is 39.7 Å². The predicted molar refractivity (Wildman–Crippen MR) is 103 cm³/mol. The van der Waals surface area contributed by atoms with E-state index in [0.29, 0.717) is 28.6 Å². The number of nitrogens with one attached hydrogen (secondary N) is 1. The number of aromatic nitrogens is 2. The Hall–Kier alpha value is -2.96. The monoisotopic (exact) mass is 370 g/mol. The van der Waals surface area contributed by atoms with Crippen molar-refractivity contribution in [3.05, 3.63) is 53.1 Å². The molecule has 0 radical (unpaired) electrons. The predicted octanol–water partition coefficient (Wildman–Crippen LogP) is 4.03. The van der Waals surface area contributed by atoms with Crippen molar-refractivity contribution in [3.63, 3.8) is 0 Å². The highest BCUT2D eigenvalue weighted by Gasteiger charge is 2.20. The van der Waals surface area contributed by atoms with Gasteiger partial charge in [0, 0.05) is 36.5 Å². The molecule has 0 unspecified atom stereocenters. The molecule has 0 atom stereocenters. The molecule has 0 aliphatic heterocycles. The molecular formula is C20H23FN4O2. The van der Waals surface area contributed by atoms with E-state index in [1.807, 2.05) is 19.9 Å². The Kier molecular flexibility index (Phi) is 5.39. The Morgan fingerprint density at radius 2 is 2.15 bits per heavy atom. The average molecular weight is 370 g/mol. The molecule has 0 saturated carbocycles. The van der Waals surface area contributed by atoms with E-state index in [2.05, 4.69) is 15.4 Å². The molecule has 1 amide bonds. The van der Waals surface area contributed by atoms with Crippen molar-refractivity contribution in [3.8, 4) is 5.75 Å². The first-order valence-electron chi connectivity index (χ1n) is 8.89. The third-order valence-corrected chi connectivity index (χ3v) is 4.46. The minimum atomic E-state index is -0.499. The van der Waals surface area contributed by atoms with Crippen LogP contribution < -0.4 is 10.1 Å². The molecule has 0 spiro atoms. The molecule has 1 aliphatic rings. The maximum atomic E-state index is 14.2. The van der Waals surface area contributed by atoms with E-state index in [4.69, 9.17) is 4.74 Å². The number of ether oxygens (including phenoxy) is 1. The summed E-state index contributed by atoms with van der Waals surface area (Å²) in [5.41, 5.74) is 2.43. The maximum Gasteiger partial charge on any atom is 0.251 e. The largest absolute Gasteiger partial charge is 0.437 e. The molecule has 1 aromatic carbocycles. The third-order valence-electron chi connectivity index (χ3n) is 4.46. The van der Waals surface area contributed by atoms with Gasteiger partial charge in [-0.1, -0.05) is 6.08 Å². The molecule has 2 aromatic rings. The zero-order chi connectivity index (χ0) is 19.6. The lowest BCUT2D eigenvalue weighted by molar-refractivity contribution is -0.113. The van der Waals surface area contributed by atoms with Crippen molar-refractivity contribution < 1.29 is 13.9 Å². The lowest BCUT2D eigenvalue weighted by Crippen LogP contribution is -2.20. The molecule has 1 aromatic heterocycles. The molecule has 1 heterocycles. The van der Waals surface area contributed by atoms with Crippen LogP contribution in [0.15, 0.2) is 41.0 Å². The van der Waals surface area contributed by atoms with Gasteiger partial charge in [0.25, 0.3) is 5.91 Å². The van der Waals surface area contributed by atoms with Gasteiger partial charge in [-0.15, -0.1) is 0 Å². The third kappa shape index (κ3) is 3.92. The highest BCUT2D eigenvalue weighted by molar-refractivity contribution is 6.05. The standard InChI is InChI=1S/C20H23FN4O2/c1-12(2)25-17(8-9-23-25)20(22-4)27-18-11-15(21)10-16(13(18)3)24-19(26)14-6-5-7-14/h6,8-12H,5,7H2,1-4H3,(H,24,26)/b22-20+. The molecule has 0 fully saturated rings. The molecule has 27 heavy (non-hydrogen) atoms. The minimum Gasteiger partial charge on any atom is -0.437 e. The van der Waals surface area contributed by atoms with Crippen molar-refractivity contribution in [1.29, 1.82) is 0 Å². The second kappa shape index (κ2) is 7.73. The Labute approximate surface area is 157 Å². The number of anilines is 1. The van der Waals surface area contributed by atoms with E-state index in [1.165, 1.54) is 12.1 Å². The van der Waals surface area contributed by atoms with Crippen LogP contribution in [0.2, 0.25) is 0 Å². The Balaban J connectivity index is 1.89. The van der Waals surface area contributed by atoms with Gasteiger partial charge in [-0.05, 0) is 45.7 Å². The van der Waals surface area contributed by atoms with Gasteiger partial charge in [-0.25, -0.2) is 4.39 Å². The highest BCUT2D eigenvalue weighted by Crippen LogP contribution is 2.30. The molecule has 1 aliphatic carbocycles. The number of nitrogens with zero attached hydrogens (tertiary/aromatic N) is 3. The van der Waals surface area contributed by atoms with Gasteiger partial charge >= 0.3 is 0 Å². The van der Waals surface area contributed by atoms with Crippen molar-refractivity contribution in [2.24, 2.45) is 4.99 Å². The number of hydrogen-bond donors (Lipinski definition) is 1. The molecular weight excluding hydrogens is 347 g/mol. The number of rotatable bonds is 5. The van der Waals surface area contributed by atoms with E-state index >= 15 is 0 Å². The first-order valence-corrected chi connectivity index (χ1v) is 8.89. The summed E-state index contributed by atoms with van der Waals surface area (Å²) in [6.07, 6.45) is 5.19. The van der Waals surface area contributed by atoms with Crippen molar-refractivity contribution in [2.75, 3.05) is 12.4 Å². The Morgan fingerprint density at radius 3 is 2.74 bits per heavy atom. The highest BCUT2D eigenvalue weighted by atomic mass is 19.1. The quantitative estimate of drug-likeness (QED) is 0.638. The van der Waals surface area contributed by atoms with E-state index < -0.39 is 5.82 Å². The van der Waals surface area contributed by atoms with Gasteiger partial charge < -0.3 is 10.1 Å². The van der Waals surface area contributed by atoms with Crippen LogP contribution >= 0.6 is 0 Å². The number of amides is 1. The van der Waals surface area contributed by atoms with E-state index in [0.717, 1.165) is 18.4 Å². The molecule has 1 N–H and O–H groups in total. The number of carbonyl (C=O) groups is 1. The number of aliphatic imine (C=N–C) groups is 1. The first-order chi connectivity index (χ1) is 12.9. The number of carbonyl (C=O) groups excluding carboxylic acids is 1. The fourth-order valence-corrected chi connectivity index (χ4v) is 2.80. The molecule has 7 heteroatoms. The Morgan fingerprint density at radius 1 is 1.41 bits per heavy atom. The summed E-state index contributed by atoms with van der Waals surface area (Å²) in [5.74, 6) is -0.0802. The van der Waals surface area contributed by atoms with E-state index in [9.17, 15) is 9.18 Å².